The van der Waals surface area contributed by atoms with Crippen LogP contribution in [0.15, 0.2) is 46.9 Å². The van der Waals surface area contributed by atoms with Gasteiger partial charge in [-0.25, -0.2) is 10.4 Å². The van der Waals surface area contributed by atoms with E-state index in [-0.39, 0.29) is 11.7 Å². The molecule has 2 N–H and O–H groups in total. The number of carbonyl (C=O) groups is 1. The Labute approximate surface area is 108 Å². The molecule has 0 atom stereocenters. The highest BCUT2D eigenvalue weighted by Gasteiger charge is 2.02. The van der Waals surface area contributed by atoms with Crippen molar-refractivity contribution in [2.24, 2.45) is 5.10 Å². The molecular weight excluding hydrogens is 250 g/mol. The third-order valence-corrected chi connectivity index (χ3v) is 2.81. The van der Waals surface area contributed by atoms with Crippen molar-refractivity contribution in [2.45, 2.75) is 5.16 Å². The van der Waals surface area contributed by atoms with Gasteiger partial charge in [-0.05, 0) is 5.56 Å². The minimum atomic E-state index is -0.191. The van der Waals surface area contributed by atoms with Crippen molar-refractivity contribution in [3.63, 3.8) is 0 Å². The maximum absolute atomic E-state index is 11.4. The summed E-state index contributed by atoms with van der Waals surface area (Å²) < 4.78 is 0. The van der Waals surface area contributed by atoms with Crippen LogP contribution in [-0.2, 0) is 4.79 Å². The zero-order chi connectivity index (χ0) is 12.6. The second kappa shape index (κ2) is 6.55. The van der Waals surface area contributed by atoms with E-state index in [0.717, 1.165) is 5.56 Å². The highest BCUT2D eigenvalue weighted by Crippen LogP contribution is 2.09. The van der Waals surface area contributed by atoms with E-state index >= 15 is 0 Å². The van der Waals surface area contributed by atoms with Crippen LogP contribution in [0.3, 0.4) is 0 Å². The molecule has 0 aliphatic carbocycles. The highest BCUT2D eigenvalue weighted by molar-refractivity contribution is 7.99. The Kier molecular flexibility index (Phi) is 4.48. The van der Waals surface area contributed by atoms with Crippen molar-refractivity contribution < 1.29 is 4.79 Å². The highest BCUT2D eigenvalue weighted by atomic mass is 32.2. The van der Waals surface area contributed by atoms with Gasteiger partial charge in [-0.2, -0.15) is 10.2 Å². The fraction of sp³-hybridized carbons (Fsp3) is 0.0909. The summed E-state index contributed by atoms with van der Waals surface area (Å²) in [7, 11) is 0. The molecule has 0 spiro atoms. The van der Waals surface area contributed by atoms with Crippen LogP contribution in [0.5, 0.6) is 0 Å². The molecule has 0 aliphatic rings. The van der Waals surface area contributed by atoms with Gasteiger partial charge in [0, 0.05) is 0 Å². The Balaban J connectivity index is 1.73. The van der Waals surface area contributed by atoms with Crippen LogP contribution in [0, 0.1) is 0 Å². The molecule has 2 aromatic rings. The van der Waals surface area contributed by atoms with Crippen molar-refractivity contribution in [1.29, 1.82) is 0 Å². The Morgan fingerprint density at radius 1 is 1.44 bits per heavy atom. The Morgan fingerprint density at radius 3 is 3.00 bits per heavy atom. The number of carbonyl (C=O) groups excluding carboxylic acids is 1. The number of rotatable bonds is 5. The Bertz CT molecular complexity index is 511. The summed E-state index contributed by atoms with van der Waals surface area (Å²) in [5.74, 6) is 0.0463. The molecule has 2 rings (SSSR count). The van der Waals surface area contributed by atoms with Gasteiger partial charge >= 0.3 is 0 Å². The smallest absolute Gasteiger partial charge is 0.250 e. The van der Waals surface area contributed by atoms with Crippen LogP contribution < -0.4 is 5.43 Å². The first-order valence-corrected chi connectivity index (χ1v) is 6.18. The number of aromatic nitrogens is 3. The van der Waals surface area contributed by atoms with E-state index in [1.165, 1.54) is 18.1 Å². The molecule has 1 aromatic carbocycles. The SMILES string of the molecule is O=C(CSc1ncn[nH]1)N/N=C/c1ccccc1. The molecule has 6 nitrogen and oxygen atoms in total. The quantitative estimate of drug-likeness (QED) is 0.478. The molecule has 18 heavy (non-hydrogen) atoms. The summed E-state index contributed by atoms with van der Waals surface area (Å²) in [5, 5.41) is 10.8. The number of benzene rings is 1. The summed E-state index contributed by atoms with van der Waals surface area (Å²) in [6.45, 7) is 0. The van der Waals surface area contributed by atoms with Gasteiger partial charge in [-0.3, -0.25) is 9.89 Å². The number of thioether (sulfide) groups is 1. The van der Waals surface area contributed by atoms with Gasteiger partial charge in [0.15, 0.2) is 5.16 Å². The van der Waals surface area contributed by atoms with Crippen LogP contribution in [0.2, 0.25) is 0 Å². The number of nitrogens with one attached hydrogen (secondary N) is 2. The largest absolute Gasteiger partial charge is 0.272 e. The number of amides is 1. The second-order valence-corrected chi connectivity index (χ2v) is 4.25. The van der Waals surface area contributed by atoms with Crippen LogP contribution in [-0.4, -0.2) is 33.1 Å². The lowest BCUT2D eigenvalue weighted by atomic mass is 10.2. The number of aromatic amines is 1. The summed E-state index contributed by atoms with van der Waals surface area (Å²) in [6, 6.07) is 9.54. The molecule has 92 valence electrons. The summed E-state index contributed by atoms with van der Waals surface area (Å²) in [6.07, 6.45) is 2.99. The van der Waals surface area contributed by atoms with E-state index in [4.69, 9.17) is 0 Å². The zero-order valence-electron chi connectivity index (χ0n) is 9.41. The molecular formula is C11H11N5OS. The Morgan fingerprint density at radius 2 is 2.28 bits per heavy atom. The normalized spacial score (nSPS) is 10.7. The van der Waals surface area contributed by atoms with Crippen LogP contribution in [0.1, 0.15) is 5.56 Å². The molecule has 0 unspecified atom stereocenters. The summed E-state index contributed by atoms with van der Waals surface area (Å²) >= 11 is 1.27. The predicted molar refractivity (Wildman–Crippen MR) is 69.3 cm³/mol. The predicted octanol–water partition coefficient (Wildman–Crippen LogP) is 1.05. The van der Waals surface area contributed by atoms with E-state index in [2.05, 4.69) is 25.7 Å². The number of hydrazone groups is 1. The van der Waals surface area contributed by atoms with Gasteiger partial charge in [0.1, 0.15) is 6.33 Å². The van der Waals surface area contributed by atoms with Crippen LogP contribution >= 0.6 is 11.8 Å². The molecule has 1 aromatic heterocycles. The Hall–Kier alpha value is -2.15. The molecule has 0 saturated heterocycles. The molecule has 0 aliphatic heterocycles. The second-order valence-electron chi connectivity index (χ2n) is 3.28. The fourth-order valence-corrected chi connectivity index (χ4v) is 1.72. The number of nitrogens with zero attached hydrogens (tertiary/aromatic N) is 3. The topological polar surface area (TPSA) is 83.0 Å². The summed E-state index contributed by atoms with van der Waals surface area (Å²) in [4.78, 5) is 15.3. The van der Waals surface area contributed by atoms with Gasteiger partial charge < -0.3 is 0 Å². The fourth-order valence-electron chi connectivity index (χ4n) is 1.15. The van der Waals surface area contributed by atoms with Crippen molar-refractivity contribution >= 4 is 23.9 Å². The van der Waals surface area contributed by atoms with E-state index in [0.29, 0.717) is 5.16 Å². The maximum Gasteiger partial charge on any atom is 0.250 e. The molecule has 1 heterocycles. The van der Waals surface area contributed by atoms with Crippen LogP contribution in [0.4, 0.5) is 0 Å². The van der Waals surface area contributed by atoms with Crippen molar-refractivity contribution in [3.05, 3.63) is 42.2 Å². The maximum atomic E-state index is 11.4. The summed E-state index contributed by atoms with van der Waals surface area (Å²) in [5.41, 5.74) is 3.37. The first kappa shape index (κ1) is 12.3. The van der Waals surface area contributed by atoms with E-state index < -0.39 is 0 Å². The van der Waals surface area contributed by atoms with Gasteiger partial charge in [0.2, 0.25) is 0 Å². The van der Waals surface area contributed by atoms with E-state index in [1.54, 1.807) is 6.21 Å². The van der Waals surface area contributed by atoms with Crippen molar-refractivity contribution in [2.75, 3.05) is 5.75 Å². The molecule has 0 radical (unpaired) electrons. The van der Waals surface area contributed by atoms with Gasteiger partial charge in [-0.15, -0.1) is 0 Å². The third-order valence-electron chi connectivity index (χ3n) is 1.94. The first-order valence-electron chi connectivity index (χ1n) is 5.20. The third kappa shape index (κ3) is 4.02. The molecule has 7 heteroatoms. The molecule has 0 fully saturated rings. The molecule has 1 amide bonds. The molecule has 0 bridgehead atoms. The molecule has 0 saturated carbocycles. The average molecular weight is 261 g/mol. The number of hydrogen-bond donors (Lipinski definition) is 2. The van der Waals surface area contributed by atoms with Crippen molar-refractivity contribution in [1.82, 2.24) is 20.6 Å². The lowest BCUT2D eigenvalue weighted by Gasteiger charge is -1.97. The first-order chi connectivity index (χ1) is 8.84. The van der Waals surface area contributed by atoms with Crippen molar-refractivity contribution in [3.8, 4) is 0 Å². The standard InChI is InChI=1S/C11H11N5OS/c17-10(7-18-11-12-8-14-16-11)15-13-6-9-4-2-1-3-5-9/h1-6,8H,7H2,(H,15,17)(H,12,14,16)/b13-6+. The van der Waals surface area contributed by atoms with Gasteiger partial charge in [-0.1, -0.05) is 42.1 Å². The monoisotopic (exact) mass is 261 g/mol. The zero-order valence-corrected chi connectivity index (χ0v) is 10.2. The van der Waals surface area contributed by atoms with E-state index in [9.17, 15) is 4.79 Å². The average Bonchev–Trinajstić information content (AvgIpc) is 2.91. The lowest BCUT2D eigenvalue weighted by Crippen LogP contribution is -2.19. The number of hydrogen-bond acceptors (Lipinski definition) is 5. The lowest BCUT2D eigenvalue weighted by molar-refractivity contribution is -0.118. The van der Waals surface area contributed by atoms with Crippen LogP contribution in [0.25, 0.3) is 0 Å². The minimum absolute atomic E-state index is 0.191. The van der Waals surface area contributed by atoms with Gasteiger partial charge in [0.05, 0.1) is 12.0 Å². The van der Waals surface area contributed by atoms with E-state index in [1.807, 2.05) is 30.3 Å². The van der Waals surface area contributed by atoms with Gasteiger partial charge in [0.25, 0.3) is 5.91 Å². The minimum Gasteiger partial charge on any atom is -0.272 e. The number of H-pyrrole nitrogens is 1.